The van der Waals surface area contributed by atoms with Gasteiger partial charge >= 0.3 is 0 Å². The number of amides is 1. The number of piperidine rings is 1. The quantitative estimate of drug-likeness (QED) is 0.906. The van der Waals surface area contributed by atoms with Crippen molar-refractivity contribution in [2.24, 2.45) is 5.92 Å². The fourth-order valence-corrected chi connectivity index (χ4v) is 3.21. The summed E-state index contributed by atoms with van der Waals surface area (Å²) in [5.41, 5.74) is 0.493. The topological polar surface area (TPSA) is 58.1 Å². The molecule has 2 atom stereocenters. The Morgan fingerprint density at radius 1 is 1.32 bits per heavy atom. The van der Waals surface area contributed by atoms with Gasteiger partial charge in [0.1, 0.15) is 5.82 Å². The van der Waals surface area contributed by atoms with Crippen molar-refractivity contribution >= 4 is 23.3 Å². The Labute approximate surface area is 151 Å². The first-order chi connectivity index (χ1) is 12.0. The zero-order chi connectivity index (χ0) is 17.8. The number of nitrogens with zero attached hydrogens (tertiary/aromatic N) is 3. The fourth-order valence-electron chi connectivity index (χ4n) is 3.11. The highest BCUT2D eigenvalue weighted by Crippen LogP contribution is 2.23. The number of hydrogen-bond donors (Lipinski definition) is 1. The van der Waals surface area contributed by atoms with Gasteiger partial charge in [0.15, 0.2) is 11.0 Å². The number of halogens is 2. The summed E-state index contributed by atoms with van der Waals surface area (Å²) < 4.78 is 13.9. The molecule has 1 N–H and O–H groups in total. The van der Waals surface area contributed by atoms with Crippen LogP contribution >= 0.6 is 11.6 Å². The van der Waals surface area contributed by atoms with Crippen molar-refractivity contribution in [3.8, 4) is 0 Å². The SMILES string of the molecule is CC(NC(=O)C1CCCN(c2ccc(Cl)nn2)C1)c1ccccc1F. The van der Waals surface area contributed by atoms with Crippen LogP contribution < -0.4 is 10.2 Å². The number of hydrogen-bond acceptors (Lipinski definition) is 4. The molecule has 0 aliphatic carbocycles. The van der Waals surface area contributed by atoms with E-state index in [-0.39, 0.29) is 23.7 Å². The molecule has 3 rings (SSSR count). The summed E-state index contributed by atoms with van der Waals surface area (Å²) in [4.78, 5) is 14.6. The highest BCUT2D eigenvalue weighted by atomic mass is 35.5. The summed E-state index contributed by atoms with van der Waals surface area (Å²) in [5.74, 6) is 0.170. The molecule has 1 aliphatic heterocycles. The Morgan fingerprint density at radius 3 is 2.84 bits per heavy atom. The smallest absolute Gasteiger partial charge is 0.225 e. The van der Waals surface area contributed by atoms with E-state index in [0.717, 1.165) is 19.4 Å². The van der Waals surface area contributed by atoms with Crippen LogP contribution in [0.4, 0.5) is 10.2 Å². The van der Waals surface area contributed by atoms with Gasteiger partial charge < -0.3 is 10.2 Å². The van der Waals surface area contributed by atoms with Crippen LogP contribution in [0.3, 0.4) is 0 Å². The van der Waals surface area contributed by atoms with Crippen molar-refractivity contribution in [2.45, 2.75) is 25.8 Å². The maximum Gasteiger partial charge on any atom is 0.225 e. The van der Waals surface area contributed by atoms with Gasteiger partial charge in [-0.2, -0.15) is 0 Å². The highest BCUT2D eigenvalue weighted by molar-refractivity contribution is 6.29. The maximum absolute atomic E-state index is 13.9. The number of carbonyl (C=O) groups excluding carboxylic acids is 1. The van der Waals surface area contributed by atoms with E-state index < -0.39 is 0 Å². The Morgan fingerprint density at radius 2 is 2.12 bits per heavy atom. The summed E-state index contributed by atoms with van der Waals surface area (Å²) in [6, 6.07) is 9.61. The van der Waals surface area contributed by atoms with Crippen LogP contribution in [0, 0.1) is 11.7 Å². The lowest BCUT2D eigenvalue weighted by Crippen LogP contribution is -2.44. The van der Waals surface area contributed by atoms with Gasteiger partial charge in [0.05, 0.1) is 12.0 Å². The van der Waals surface area contributed by atoms with Gasteiger partial charge in [0.2, 0.25) is 5.91 Å². The molecule has 5 nitrogen and oxygen atoms in total. The minimum atomic E-state index is -0.376. The van der Waals surface area contributed by atoms with Crippen LogP contribution in [0.15, 0.2) is 36.4 Å². The molecule has 1 saturated heterocycles. The number of nitrogens with one attached hydrogen (secondary N) is 1. The third-order valence-electron chi connectivity index (χ3n) is 4.46. The van der Waals surface area contributed by atoms with Gasteiger partial charge in [-0.15, -0.1) is 10.2 Å². The van der Waals surface area contributed by atoms with Crippen molar-refractivity contribution in [1.29, 1.82) is 0 Å². The van der Waals surface area contributed by atoms with Crippen molar-refractivity contribution in [1.82, 2.24) is 15.5 Å². The van der Waals surface area contributed by atoms with Gasteiger partial charge in [-0.25, -0.2) is 4.39 Å². The lowest BCUT2D eigenvalue weighted by molar-refractivity contribution is -0.125. The Balaban J connectivity index is 1.64. The van der Waals surface area contributed by atoms with Gasteiger partial charge in [-0.3, -0.25) is 4.79 Å². The molecule has 0 saturated carbocycles. The largest absolute Gasteiger partial charge is 0.354 e. The predicted octanol–water partition coefficient (Wildman–Crippen LogP) is 3.36. The molecule has 0 radical (unpaired) electrons. The first-order valence-corrected chi connectivity index (χ1v) is 8.71. The number of carbonyl (C=O) groups is 1. The molecule has 1 aromatic heterocycles. The Bertz CT molecular complexity index is 740. The monoisotopic (exact) mass is 362 g/mol. The number of anilines is 1. The second-order valence-corrected chi connectivity index (χ2v) is 6.64. The standard InChI is InChI=1S/C18H20ClFN4O/c1-12(14-6-2-3-7-15(14)20)21-18(25)13-5-4-10-24(11-13)17-9-8-16(19)22-23-17/h2-3,6-9,12-13H,4-5,10-11H2,1H3,(H,21,25). The van der Waals surface area contributed by atoms with Crippen molar-refractivity contribution in [2.75, 3.05) is 18.0 Å². The molecule has 0 spiro atoms. The predicted molar refractivity (Wildman–Crippen MR) is 94.9 cm³/mol. The average Bonchev–Trinajstić information content (AvgIpc) is 2.62. The van der Waals surface area contributed by atoms with E-state index in [1.165, 1.54) is 6.07 Å². The summed E-state index contributed by atoms with van der Waals surface area (Å²) >= 11 is 5.77. The van der Waals surface area contributed by atoms with Crippen molar-refractivity contribution in [3.63, 3.8) is 0 Å². The Hall–Kier alpha value is -2.21. The molecule has 132 valence electrons. The number of aromatic nitrogens is 2. The summed E-state index contributed by atoms with van der Waals surface area (Å²) in [7, 11) is 0. The van der Waals surface area contributed by atoms with E-state index in [4.69, 9.17) is 11.6 Å². The lowest BCUT2D eigenvalue weighted by atomic mass is 9.96. The third-order valence-corrected chi connectivity index (χ3v) is 4.67. The van der Waals surface area contributed by atoms with Gasteiger partial charge in [0.25, 0.3) is 0 Å². The van der Waals surface area contributed by atoms with E-state index in [9.17, 15) is 9.18 Å². The van der Waals surface area contributed by atoms with Crippen LogP contribution in [-0.2, 0) is 4.79 Å². The van der Waals surface area contributed by atoms with E-state index in [1.807, 2.05) is 4.90 Å². The molecular formula is C18H20ClFN4O. The second kappa shape index (κ2) is 7.78. The summed E-state index contributed by atoms with van der Waals surface area (Å²) in [6.07, 6.45) is 1.68. The molecule has 1 fully saturated rings. The van der Waals surface area contributed by atoms with E-state index >= 15 is 0 Å². The zero-order valence-electron chi connectivity index (χ0n) is 14.0. The third kappa shape index (κ3) is 4.25. The molecule has 1 aromatic carbocycles. The Kier molecular flexibility index (Phi) is 5.48. The van der Waals surface area contributed by atoms with Crippen LogP contribution in [-0.4, -0.2) is 29.2 Å². The molecule has 0 bridgehead atoms. The molecule has 1 aliphatic rings. The fraction of sp³-hybridized carbons (Fsp3) is 0.389. The van der Waals surface area contributed by atoms with Crippen molar-refractivity contribution in [3.05, 3.63) is 52.9 Å². The zero-order valence-corrected chi connectivity index (χ0v) is 14.7. The van der Waals surface area contributed by atoms with Crippen LogP contribution in [0.5, 0.6) is 0 Å². The van der Waals surface area contributed by atoms with E-state index in [0.29, 0.717) is 23.1 Å². The average molecular weight is 363 g/mol. The molecule has 25 heavy (non-hydrogen) atoms. The van der Waals surface area contributed by atoms with Crippen LogP contribution in [0.2, 0.25) is 5.15 Å². The van der Waals surface area contributed by atoms with E-state index in [1.54, 1.807) is 37.3 Å². The first kappa shape index (κ1) is 17.6. The first-order valence-electron chi connectivity index (χ1n) is 8.33. The van der Waals surface area contributed by atoms with Crippen LogP contribution in [0.25, 0.3) is 0 Å². The molecule has 2 heterocycles. The van der Waals surface area contributed by atoms with Crippen molar-refractivity contribution < 1.29 is 9.18 Å². The molecule has 2 unspecified atom stereocenters. The minimum Gasteiger partial charge on any atom is -0.354 e. The molecule has 2 aromatic rings. The van der Waals surface area contributed by atoms with Crippen LogP contribution in [0.1, 0.15) is 31.4 Å². The van der Waals surface area contributed by atoms with E-state index in [2.05, 4.69) is 15.5 Å². The maximum atomic E-state index is 13.9. The molecule has 1 amide bonds. The van der Waals surface area contributed by atoms with Gasteiger partial charge in [0, 0.05) is 18.7 Å². The second-order valence-electron chi connectivity index (χ2n) is 6.25. The molecule has 7 heteroatoms. The number of rotatable bonds is 4. The lowest BCUT2D eigenvalue weighted by Gasteiger charge is -2.33. The molecular weight excluding hydrogens is 343 g/mol. The highest BCUT2D eigenvalue weighted by Gasteiger charge is 2.28. The normalized spacial score (nSPS) is 18.7. The summed E-state index contributed by atoms with van der Waals surface area (Å²) in [6.45, 7) is 3.18. The van der Waals surface area contributed by atoms with Gasteiger partial charge in [-0.05, 0) is 38.0 Å². The summed E-state index contributed by atoms with van der Waals surface area (Å²) in [5, 5.41) is 11.2. The van der Waals surface area contributed by atoms with Gasteiger partial charge in [-0.1, -0.05) is 29.8 Å². The number of benzene rings is 1. The minimum absolute atomic E-state index is 0.0672.